The Morgan fingerprint density at radius 1 is 1.14 bits per heavy atom. The van der Waals surface area contributed by atoms with Gasteiger partial charge in [-0.1, -0.05) is 13.8 Å². The number of anilines is 1. The van der Waals surface area contributed by atoms with E-state index in [1.807, 2.05) is 13.8 Å². The lowest BCUT2D eigenvalue weighted by Crippen LogP contribution is -2.42. The van der Waals surface area contributed by atoms with Crippen molar-refractivity contribution in [3.8, 4) is 11.5 Å². The Kier molecular flexibility index (Phi) is 7.07. The minimum Gasteiger partial charge on any atom is -0.504 e. The number of halogens is 1. The maximum Gasteiger partial charge on any atom is 0.265 e. The summed E-state index contributed by atoms with van der Waals surface area (Å²) in [4.78, 5) is 11.9. The summed E-state index contributed by atoms with van der Waals surface area (Å²) in [5.74, 6) is -0.553. The van der Waals surface area contributed by atoms with Crippen LogP contribution >= 0.6 is 0 Å². The molecule has 5 rings (SSSR count). The molecule has 2 fully saturated rings. The molecule has 0 saturated heterocycles. The van der Waals surface area contributed by atoms with Gasteiger partial charge in [0.05, 0.1) is 11.2 Å². The van der Waals surface area contributed by atoms with E-state index in [4.69, 9.17) is 4.55 Å². The number of benzene rings is 2. The normalized spacial score (nSPS) is 26.2. The fourth-order valence-electron chi connectivity index (χ4n) is 6.06. The van der Waals surface area contributed by atoms with Crippen LogP contribution in [-0.2, 0) is 21.3 Å². The first kappa shape index (κ1) is 26.4. The summed E-state index contributed by atoms with van der Waals surface area (Å²) >= 11 is 0. The van der Waals surface area contributed by atoms with Crippen LogP contribution in [0, 0.1) is 22.6 Å². The largest absolute Gasteiger partial charge is 0.504 e. The second kappa shape index (κ2) is 9.64. The molecule has 2 saturated carbocycles. The summed E-state index contributed by atoms with van der Waals surface area (Å²) < 4.78 is 43.8. The summed E-state index contributed by atoms with van der Waals surface area (Å²) in [5, 5.41) is 25.9. The lowest BCUT2D eigenvalue weighted by molar-refractivity contribution is -0.128. The van der Waals surface area contributed by atoms with E-state index in [0.29, 0.717) is 19.4 Å². The fraction of sp³-hybridized carbons (Fsp3) is 0.500. The monoisotopic (exact) mass is 520 g/mol. The van der Waals surface area contributed by atoms with Crippen LogP contribution in [0.3, 0.4) is 0 Å². The average Bonchev–Trinajstić information content (AvgIpc) is 3.13. The minimum absolute atomic E-state index is 0.0152. The van der Waals surface area contributed by atoms with E-state index in [2.05, 4.69) is 10.6 Å². The van der Waals surface area contributed by atoms with Crippen molar-refractivity contribution in [3.63, 3.8) is 0 Å². The summed E-state index contributed by atoms with van der Waals surface area (Å²) in [7, 11) is -4.08. The number of ketones is 1. The van der Waals surface area contributed by atoms with Gasteiger partial charge in [0.1, 0.15) is 11.6 Å². The van der Waals surface area contributed by atoms with E-state index >= 15 is 0 Å². The summed E-state index contributed by atoms with van der Waals surface area (Å²) in [6.07, 6.45) is 2.79. The molecule has 1 heterocycles. The van der Waals surface area contributed by atoms with Crippen LogP contribution in [0.2, 0.25) is 0 Å². The van der Waals surface area contributed by atoms with E-state index in [1.54, 1.807) is 24.3 Å². The minimum atomic E-state index is -4.08. The zero-order valence-electron chi connectivity index (χ0n) is 20.4. The van der Waals surface area contributed by atoms with Crippen molar-refractivity contribution in [1.29, 1.82) is 0 Å². The van der Waals surface area contributed by atoms with Gasteiger partial charge in [0.2, 0.25) is 0 Å². The number of hydrogen-bond acceptors (Lipinski definition) is 7. The Morgan fingerprint density at radius 3 is 2.39 bits per heavy atom. The van der Waals surface area contributed by atoms with Gasteiger partial charge < -0.3 is 20.8 Å². The van der Waals surface area contributed by atoms with Crippen LogP contribution in [0.15, 0.2) is 36.4 Å². The molecule has 10 heteroatoms. The van der Waals surface area contributed by atoms with Gasteiger partial charge in [-0.15, -0.1) is 0 Å². The number of Topliss-reactive ketones (excluding diaryl/α,β-unsaturated/α-hetero) is 1. The molecule has 3 atom stereocenters. The number of carbonyl (C=O) groups excluding carboxylic acids is 1. The maximum absolute atomic E-state index is 12.9. The third-order valence-corrected chi connectivity index (χ3v) is 9.18. The number of phenolic OH excluding ortho intramolecular Hbond substituents is 2. The molecule has 3 unspecified atom stereocenters. The van der Waals surface area contributed by atoms with Gasteiger partial charge in [0, 0.05) is 24.7 Å². The number of phenols is 2. The first-order chi connectivity index (χ1) is 16.8. The fourth-order valence-corrected chi connectivity index (χ4v) is 7.36. The Hall–Kier alpha value is -2.69. The van der Waals surface area contributed by atoms with Crippen molar-refractivity contribution >= 4 is 21.6 Å². The second-order valence-electron chi connectivity index (χ2n) is 10.6. The Morgan fingerprint density at radius 2 is 1.81 bits per heavy atom. The third-order valence-electron chi connectivity index (χ3n) is 8.32. The second-order valence-corrected chi connectivity index (χ2v) is 12.0. The lowest BCUT2D eigenvalue weighted by Gasteiger charge is -2.35. The number of rotatable bonds is 5. The summed E-state index contributed by atoms with van der Waals surface area (Å²) in [6, 6.07) is 9.46. The van der Waals surface area contributed by atoms with Crippen molar-refractivity contribution in [1.82, 2.24) is 5.32 Å². The van der Waals surface area contributed by atoms with E-state index in [9.17, 15) is 27.8 Å². The number of hydrogen-bond donors (Lipinski definition) is 5. The zero-order chi connectivity index (χ0) is 26.3. The van der Waals surface area contributed by atoms with Crippen LogP contribution in [-0.4, -0.2) is 47.8 Å². The quantitative estimate of drug-likeness (QED) is 0.297. The maximum atomic E-state index is 12.9. The molecule has 8 nitrogen and oxygen atoms in total. The predicted octanol–water partition coefficient (Wildman–Crippen LogP) is 3.81. The molecule has 5 N–H and O–H groups in total. The Labute approximate surface area is 210 Å². The van der Waals surface area contributed by atoms with E-state index in [-0.39, 0.29) is 40.5 Å². The van der Waals surface area contributed by atoms with Gasteiger partial charge in [-0.05, 0) is 84.7 Å². The third kappa shape index (κ3) is 5.07. The molecule has 1 aliphatic heterocycles. The molecule has 0 aromatic heterocycles. The molecule has 2 aliphatic carbocycles. The zero-order valence-corrected chi connectivity index (χ0v) is 21.2. The number of fused-ring (bicyclic) bond motifs is 3. The summed E-state index contributed by atoms with van der Waals surface area (Å²) in [6.45, 7) is 5.32. The van der Waals surface area contributed by atoms with Crippen LogP contribution in [0.4, 0.5) is 10.1 Å². The van der Waals surface area contributed by atoms with Crippen LogP contribution in [0.1, 0.15) is 50.3 Å². The van der Waals surface area contributed by atoms with E-state index in [0.717, 1.165) is 36.2 Å². The van der Waals surface area contributed by atoms with Gasteiger partial charge in [-0.3, -0.25) is 9.35 Å². The molecule has 0 spiro atoms. The van der Waals surface area contributed by atoms with Gasteiger partial charge in [-0.2, -0.15) is 8.42 Å². The molecule has 196 valence electrons. The highest BCUT2D eigenvalue weighted by atomic mass is 32.2. The molecule has 0 amide bonds. The van der Waals surface area contributed by atoms with Crippen LogP contribution < -0.4 is 10.6 Å². The van der Waals surface area contributed by atoms with Crippen LogP contribution in [0.25, 0.3) is 0 Å². The highest BCUT2D eigenvalue weighted by molar-refractivity contribution is 7.85. The Balaban J connectivity index is 0.000000179. The van der Waals surface area contributed by atoms with Gasteiger partial charge in [0.25, 0.3) is 10.1 Å². The van der Waals surface area contributed by atoms with Crippen molar-refractivity contribution in [2.45, 2.75) is 45.6 Å². The van der Waals surface area contributed by atoms with Crippen molar-refractivity contribution < 1.29 is 32.4 Å². The van der Waals surface area contributed by atoms with Crippen molar-refractivity contribution in [3.05, 3.63) is 53.3 Å². The summed E-state index contributed by atoms with van der Waals surface area (Å²) in [5.41, 5.74) is 1.74. The highest BCUT2D eigenvalue weighted by Gasteiger charge is 2.65. The van der Waals surface area contributed by atoms with Crippen LogP contribution in [0.5, 0.6) is 11.5 Å². The topological polar surface area (TPSA) is 136 Å². The van der Waals surface area contributed by atoms with Gasteiger partial charge in [-0.25, -0.2) is 4.39 Å². The predicted molar refractivity (Wildman–Crippen MR) is 134 cm³/mol. The average molecular weight is 521 g/mol. The molecule has 2 aromatic rings. The van der Waals surface area contributed by atoms with E-state index in [1.165, 1.54) is 12.1 Å². The smallest absolute Gasteiger partial charge is 0.265 e. The lowest BCUT2D eigenvalue weighted by atomic mass is 9.70. The number of carbonyl (C=O) groups is 1. The molecular weight excluding hydrogens is 487 g/mol. The SMILES string of the molecule is CC1(C)C2CCC1(CS(=O)(=O)O)C(=O)C2.Oc1cc2c(cc1O)C(CNc1ccc(F)cc1)NCC2. The number of aromatic hydroxyl groups is 2. The molecule has 3 aliphatic rings. The van der Waals surface area contributed by atoms with E-state index < -0.39 is 21.3 Å². The first-order valence-electron chi connectivity index (χ1n) is 12.1. The molecule has 2 bridgehead atoms. The number of nitrogens with one attached hydrogen (secondary N) is 2. The molecule has 2 aromatic carbocycles. The molecule has 0 radical (unpaired) electrons. The van der Waals surface area contributed by atoms with Gasteiger partial charge >= 0.3 is 0 Å². The first-order valence-corrected chi connectivity index (χ1v) is 13.7. The van der Waals surface area contributed by atoms with Gasteiger partial charge in [0.15, 0.2) is 11.5 Å². The van der Waals surface area contributed by atoms with Crippen molar-refractivity contribution in [2.75, 3.05) is 24.2 Å². The molecule has 36 heavy (non-hydrogen) atoms. The molecular formula is C26H33FN2O6S. The highest BCUT2D eigenvalue weighted by Crippen LogP contribution is 2.64. The van der Waals surface area contributed by atoms with Crippen molar-refractivity contribution in [2.24, 2.45) is 16.7 Å². The Bertz CT molecular complexity index is 1250. The standard InChI is InChI=1S/C16H17FN2O2.C10H16O4S/c17-11-1-3-12(4-2-11)19-9-14-13-8-16(21)15(20)7-10(13)5-6-18-14;1-9(2)7-3-4-10(9,8(11)5-7)6-15(12,13)14/h1-4,7-8,14,18-21H,5-6,9H2;7H,3-6H2,1-2H3,(H,12,13,14).